The van der Waals surface area contributed by atoms with Crippen molar-refractivity contribution >= 4 is 33.0 Å². The molecule has 0 radical (unpaired) electrons. The molecule has 4 nitrogen and oxygen atoms in total. The molecule has 0 saturated heterocycles. The van der Waals surface area contributed by atoms with Crippen LogP contribution in [0.15, 0.2) is 33.0 Å². The maximum atomic E-state index is 12.0. The molecule has 2 aromatic heterocycles. The highest BCUT2D eigenvalue weighted by molar-refractivity contribution is 9.11. The average Bonchev–Trinajstić information content (AvgIpc) is 2.78. The maximum absolute atomic E-state index is 12.0. The number of rotatable bonds is 5. The van der Waals surface area contributed by atoms with E-state index in [1.165, 1.54) is 4.68 Å². The van der Waals surface area contributed by atoms with E-state index in [-0.39, 0.29) is 5.56 Å². The summed E-state index contributed by atoms with van der Waals surface area (Å²) >= 11 is 5.03. The molecule has 0 aromatic carbocycles. The Morgan fingerprint density at radius 1 is 1.47 bits per heavy atom. The van der Waals surface area contributed by atoms with Gasteiger partial charge in [-0.2, -0.15) is 5.10 Å². The zero-order valence-corrected chi connectivity index (χ0v) is 13.4. The molecule has 0 aliphatic rings. The fourth-order valence-electron chi connectivity index (χ4n) is 1.80. The van der Waals surface area contributed by atoms with Crippen LogP contribution in [0.25, 0.3) is 0 Å². The van der Waals surface area contributed by atoms with Gasteiger partial charge in [0.25, 0.3) is 5.56 Å². The summed E-state index contributed by atoms with van der Waals surface area (Å²) in [6.45, 7) is 3.55. The predicted octanol–water partition coefficient (Wildman–Crippen LogP) is 2.96. The van der Waals surface area contributed by atoms with Crippen molar-refractivity contribution in [2.45, 2.75) is 19.9 Å². The van der Waals surface area contributed by atoms with Crippen molar-refractivity contribution in [3.8, 4) is 0 Å². The van der Waals surface area contributed by atoms with Gasteiger partial charge < -0.3 is 4.90 Å². The zero-order valence-electron chi connectivity index (χ0n) is 11.0. The Bertz CT molecular complexity index is 608. The van der Waals surface area contributed by atoms with Crippen LogP contribution in [0.5, 0.6) is 0 Å². The van der Waals surface area contributed by atoms with Gasteiger partial charge in [0.05, 0.1) is 22.2 Å². The molecule has 2 aromatic rings. The highest BCUT2D eigenvalue weighted by Gasteiger charge is 2.06. The molecule has 0 atom stereocenters. The van der Waals surface area contributed by atoms with Crippen molar-refractivity contribution in [2.24, 2.45) is 0 Å². The van der Waals surface area contributed by atoms with Gasteiger partial charge in [-0.15, -0.1) is 11.3 Å². The summed E-state index contributed by atoms with van der Waals surface area (Å²) in [4.78, 5) is 15.2. The van der Waals surface area contributed by atoms with Crippen LogP contribution in [-0.2, 0) is 6.54 Å². The van der Waals surface area contributed by atoms with E-state index in [4.69, 9.17) is 0 Å². The number of halogens is 1. The fourth-order valence-corrected chi connectivity index (χ4v) is 3.27. The molecular formula is C13H16BrN3OS. The highest BCUT2D eigenvalue weighted by atomic mass is 79.9. The lowest BCUT2D eigenvalue weighted by Crippen LogP contribution is -2.26. The number of anilines is 1. The molecule has 0 aliphatic carbocycles. The Balaban J connectivity index is 2.17. The Labute approximate surface area is 124 Å². The second-order valence-electron chi connectivity index (χ2n) is 4.34. The number of aromatic nitrogens is 2. The molecule has 19 heavy (non-hydrogen) atoms. The maximum Gasteiger partial charge on any atom is 0.269 e. The second-order valence-corrected chi connectivity index (χ2v) is 6.88. The largest absolute Gasteiger partial charge is 0.373 e. The second kappa shape index (κ2) is 6.34. The van der Waals surface area contributed by atoms with Crippen LogP contribution in [0.1, 0.15) is 18.2 Å². The van der Waals surface area contributed by atoms with E-state index in [0.29, 0.717) is 6.54 Å². The normalized spacial score (nSPS) is 10.7. The molecule has 0 unspecified atom stereocenters. The first-order valence-corrected chi connectivity index (χ1v) is 7.73. The summed E-state index contributed by atoms with van der Waals surface area (Å²) in [7, 11) is 1.97. The molecule has 0 amide bonds. The highest BCUT2D eigenvalue weighted by Crippen LogP contribution is 2.22. The van der Waals surface area contributed by atoms with Crippen LogP contribution >= 0.6 is 27.3 Å². The summed E-state index contributed by atoms with van der Waals surface area (Å²) < 4.78 is 2.55. The topological polar surface area (TPSA) is 38.1 Å². The molecule has 102 valence electrons. The van der Waals surface area contributed by atoms with Gasteiger partial charge in [0.15, 0.2) is 0 Å². The van der Waals surface area contributed by atoms with Crippen molar-refractivity contribution in [3.63, 3.8) is 0 Å². The fraction of sp³-hybridized carbons (Fsp3) is 0.385. The van der Waals surface area contributed by atoms with Crippen LogP contribution < -0.4 is 10.5 Å². The van der Waals surface area contributed by atoms with Gasteiger partial charge in [0.2, 0.25) is 0 Å². The Morgan fingerprint density at radius 3 is 2.84 bits per heavy atom. The Morgan fingerprint density at radius 2 is 2.26 bits per heavy atom. The van der Waals surface area contributed by atoms with Gasteiger partial charge >= 0.3 is 0 Å². The predicted molar refractivity (Wildman–Crippen MR) is 83.2 cm³/mol. The smallest absolute Gasteiger partial charge is 0.269 e. The van der Waals surface area contributed by atoms with Gasteiger partial charge in [-0.05, 0) is 34.5 Å². The lowest BCUT2D eigenvalue weighted by atomic mass is 10.3. The third kappa shape index (κ3) is 3.67. The molecule has 0 N–H and O–H groups in total. The molecule has 2 rings (SSSR count). The molecule has 0 spiro atoms. The van der Waals surface area contributed by atoms with Gasteiger partial charge in [0.1, 0.15) is 0 Å². The van der Waals surface area contributed by atoms with E-state index in [1.54, 1.807) is 23.6 Å². The summed E-state index contributed by atoms with van der Waals surface area (Å²) in [6.07, 6.45) is 2.79. The lowest BCUT2D eigenvalue weighted by molar-refractivity contribution is 0.643. The van der Waals surface area contributed by atoms with E-state index in [9.17, 15) is 4.79 Å². The number of nitrogens with zero attached hydrogens (tertiary/aromatic N) is 3. The number of hydrogen-bond donors (Lipinski definition) is 0. The minimum atomic E-state index is -0.0648. The molecule has 6 heteroatoms. The first-order chi connectivity index (χ1) is 9.10. The molecule has 2 heterocycles. The average molecular weight is 342 g/mol. The Kier molecular flexibility index (Phi) is 4.76. The van der Waals surface area contributed by atoms with Crippen molar-refractivity contribution in [2.75, 3.05) is 18.5 Å². The van der Waals surface area contributed by atoms with E-state index < -0.39 is 0 Å². The standard InChI is InChI=1S/C13H16BrN3OS/c1-3-6-16(2)10-7-13(18)17(15-8-10)9-11-4-5-12(14)19-11/h4-5,7-8H,3,6,9H2,1-2H3. The van der Waals surface area contributed by atoms with Gasteiger partial charge in [-0.1, -0.05) is 6.92 Å². The molecule has 0 saturated carbocycles. The summed E-state index contributed by atoms with van der Waals surface area (Å²) in [5, 5.41) is 4.24. The third-order valence-electron chi connectivity index (χ3n) is 2.79. The van der Waals surface area contributed by atoms with Gasteiger partial charge in [0, 0.05) is 24.5 Å². The minimum Gasteiger partial charge on any atom is -0.373 e. The minimum absolute atomic E-state index is 0.0648. The van der Waals surface area contributed by atoms with Crippen molar-refractivity contribution in [3.05, 3.63) is 43.4 Å². The zero-order chi connectivity index (χ0) is 13.8. The summed E-state index contributed by atoms with van der Waals surface area (Å²) in [5.41, 5.74) is 0.806. The molecule has 0 fully saturated rings. The quantitative estimate of drug-likeness (QED) is 0.839. The van der Waals surface area contributed by atoms with Gasteiger partial charge in [-0.25, -0.2) is 4.68 Å². The summed E-state index contributed by atoms with van der Waals surface area (Å²) in [5.74, 6) is 0. The van der Waals surface area contributed by atoms with Crippen LogP contribution in [-0.4, -0.2) is 23.4 Å². The van der Waals surface area contributed by atoms with Gasteiger partial charge in [-0.3, -0.25) is 4.79 Å². The first kappa shape index (κ1) is 14.3. The number of thiophene rings is 1. The molecule has 0 bridgehead atoms. The van der Waals surface area contributed by atoms with Crippen molar-refractivity contribution < 1.29 is 0 Å². The monoisotopic (exact) mass is 341 g/mol. The van der Waals surface area contributed by atoms with E-state index in [1.807, 2.05) is 24.1 Å². The summed E-state index contributed by atoms with van der Waals surface area (Å²) in [6, 6.07) is 5.62. The van der Waals surface area contributed by atoms with Crippen LogP contribution in [0.3, 0.4) is 0 Å². The van der Waals surface area contributed by atoms with E-state index in [0.717, 1.165) is 27.3 Å². The first-order valence-electron chi connectivity index (χ1n) is 6.12. The molecule has 0 aliphatic heterocycles. The SMILES string of the molecule is CCCN(C)c1cnn(Cc2ccc(Br)s2)c(=O)c1. The van der Waals surface area contributed by atoms with Crippen LogP contribution in [0.4, 0.5) is 5.69 Å². The molecular weight excluding hydrogens is 326 g/mol. The van der Waals surface area contributed by atoms with Crippen molar-refractivity contribution in [1.82, 2.24) is 9.78 Å². The van der Waals surface area contributed by atoms with E-state index in [2.05, 4.69) is 28.0 Å². The van der Waals surface area contributed by atoms with Crippen LogP contribution in [0.2, 0.25) is 0 Å². The lowest BCUT2D eigenvalue weighted by Gasteiger charge is -2.17. The van der Waals surface area contributed by atoms with Crippen LogP contribution in [0, 0.1) is 0 Å². The Hall–Kier alpha value is -1.14. The van der Waals surface area contributed by atoms with Crippen molar-refractivity contribution in [1.29, 1.82) is 0 Å². The third-order valence-corrected chi connectivity index (χ3v) is 4.40. The number of hydrogen-bond acceptors (Lipinski definition) is 4. The van der Waals surface area contributed by atoms with E-state index >= 15 is 0 Å².